The summed E-state index contributed by atoms with van der Waals surface area (Å²) in [5.41, 5.74) is 0.891. The summed E-state index contributed by atoms with van der Waals surface area (Å²) >= 11 is 0. The average Bonchev–Trinajstić information content (AvgIpc) is 2.90. The quantitative estimate of drug-likeness (QED) is 0.739. The molecule has 1 saturated heterocycles. The van der Waals surface area contributed by atoms with E-state index in [1.54, 1.807) is 12.3 Å². The summed E-state index contributed by atoms with van der Waals surface area (Å²) in [6.45, 7) is 2.64. The van der Waals surface area contributed by atoms with Crippen molar-refractivity contribution in [2.45, 2.75) is 38.6 Å². The van der Waals surface area contributed by atoms with E-state index in [-0.39, 0.29) is 5.56 Å². The SMILES string of the molecule is N#CCCCCn1ncc(N2CCCC2)cc1=O. The molecule has 0 aromatic carbocycles. The molecular weight excluding hydrogens is 228 g/mol. The molecule has 0 spiro atoms. The number of hydrogen-bond donors (Lipinski definition) is 0. The van der Waals surface area contributed by atoms with Crippen LogP contribution in [0.2, 0.25) is 0 Å². The molecule has 1 fully saturated rings. The molecule has 5 nitrogen and oxygen atoms in total. The van der Waals surface area contributed by atoms with Crippen molar-refractivity contribution in [1.82, 2.24) is 9.78 Å². The number of hydrogen-bond acceptors (Lipinski definition) is 4. The Kier molecular flexibility index (Phi) is 4.35. The molecule has 1 aromatic rings. The van der Waals surface area contributed by atoms with E-state index in [0.29, 0.717) is 13.0 Å². The van der Waals surface area contributed by atoms with Crippen LogP contribution in [0.15, 0.2) is 17.1 Å². The van der Waals surface area contributed by atoms with Gasteiger partial charge in [0.25, 0.3) is 5.56 Å². The van der Waals surface area contributed by atoms with Gasteiger partial charge in [-0.2, -0.15) is 10.4 Å². The van der Waals surface area contributed by atoms with Crippen LogP contribution in [-0.4, -0.2) is 22.9 Å². The van der Waals surface area contributed by atoms with E-state index < -0.39 is 0 Å². The number of aryl methyl sites for hydroxylation is 1. The van der Waals surface area contributed by atoms with Gasteiger partial charge in [0.1, 0.15) is 0 Å². The van der Waals surface area contributed by atoms with Gasteiger partial charge in [0.05, 0.1) is 18.0 Å². The van der Waals surface area contributed by atoms with Gasteiger partial charge in [0.2, 0.25) is 0 Å². The summed E-state index contributed by atoms with van der Waals surface area (Å²) in [6.07, 6.45) is 6.34. The molecule has 1 aliphatic heterocycles. The Balaban J connectivity index is 1.97. The molecule has 0 saturated carbocycles. The highest BCUT2D eigenvalue weighted by Gasteiger charge is 2.13. The van der Waals surface area contributed by atoms with Gasteiger partial charge >= 0.3 is 0 Å². The summed E-state index contributed by atoms with van der Waals surface area (Å²) in [4.78, 5) is 14.1. The van der Waals surface area contributed by atoms with Crippen LogP contribution in [0.1, 0.15) is 32.1 Å². The van der Waals surface area contributed by atoms with Gasteiger partial charge in [0.15, 0.2) is 0 Å². The maximum Gasteiger partial charge on any atom is 0.268 e. The first-order valence-electron chi connectivity index (χ1n) is 6.50. The van der Waals surface area contributed by atoms with Crippen LogP contribution in [0, 0.1) is 11.3 Å². The number of unbranched alkanes of at least 4 members (excludes halogenated alkanes) is 2. The van der Waals surface area contributed by atoms with Crippen LogP contribution in [0.3, 0.4) is 0 Å². The lowest BCUT2D eigenvalue weighted by atomic mass is 10.2. The molecule has 5 heteroatoms. The molecule has 0 amide bonds. The monoisotopic (exact) mass is 246 g/mol. The average molecular weight is 246 g/mol. The Hall–Kier alpha value is -1.83. The van der Waals surface area contributed by atoms with Crippen LogP contribution in [0.4, 0.5) is 5.69 Å². The summed E-state index contributed by atoms with van der Waals surface area (Å²) in [7, 11) is 0. The molecule has 1 aromatic heterocycles. The minimum absolute atomic E-state index is 0.0450. The highest BCUT2D eigenvalue weighted by atomic mass is 16.1. The molecule has 96 valence electrons. The standard InChI is InChI=1S/C13H18N4O/c14-6-2-1-3-9-17-13(18)10-12(11-15-17)16-7-4-5-8-16/h10-11H,1-5,7-9H2. The van der Waals surface area contributed by atoms with E-state index in [1.807, 2.05) is 0 Å². The molecule has 0 N–H and O–H groups in total. The van der Waals surface area contributed by atoms with Gasteiger partial charge in [-0.05, 0) is 25.7 Å². The predicted molar refractivity (Wildman–Crippen MR) is 69.4 cm³/mol. The van der Waals surface area contributed by atoms with Crippen molar-refractivity contribution in [3.05, 3.63) is 22.6 Å². The molecule has 0 atom stereocenters. The topological polar surface area (TPSA) is 61.9 Å². The molecule has 18 heavy (non-hydrogen) atoms. The van der Waals surface area contributed by atoms with E-state index in [1.165, 1.54) is 17.5 Å². The number of rotatable bonds is 5. The van der Waals surface area contributed by atoms with Crippen molar-refractivity contribution in [2.24, 2.45) is 0 Å². The van der Waals surface area contributed by atoms with Crippen molar-refractivity contribution >= 4 is 5.69 Å². The second-order valence-corrected chi connectivity index (χ2v) is 4.58. The van der Waals surface area contributed by atoms with Crippen molar-refractivity contribution in [1.29, 1.82) is 5.26 Å². The minimum Gasteiger partial charge on any atom is -0.370 e. The molecule has 0 radical (unpaired) electrons. The number of nitriles is 1. The van der Waals surface area contributed by atoms with Gasteiger partial charge < -0.3 is 4.90 Å². The maximum atomic E-state index is 11.9. The second kappa shape index (κ2) is 6.20. The normalized spacial score (nSPS) is 14.7. The summed E-state index contributed by atoms with van der Waals surface area (Å²) in [5.74, 6) is 0. The fraction of sp³-hybridized carbons (Fsp3) is 0.615. The smallest absolute Gasteiger partial charge is 0.268 e. The zero-order chi connectivity index (χ0) is 12.8. The highest BCUT2D eigenvalue weighted by molar-refractivity contribution is 5.43. The minimum atomic E-state index is -0.0450. The van der Waals surface area contributed by atoms with Gasteiger partial charge in [-0.3, -0.25) is 4.79 Å². The third kappa shape index (κ3) is 3.10. The molecule has 2 rings (SSSR count). The van der Waals surface area contributed by atoms with Crippen molar-refractivity contribution in [2.75, 3.05) is 18.0 Å². The second-order valence-electron chi connectivity index (χ2n) is 4.58. The van der Waals surface area contributed by atoms with E-state index in [9.17, 15) is 4.79 Å². The Morgan fingerprint density at radius 1 is 1.33 bits per heavy atom. The maximum absolute atomic E-state index is 11.9. The van der Waals surface area contributed by atoms with Gasteiger partial charge in [-0.25, -0.2) is 4.68 Å². The molecule has 0 aliphatic carbocycles. The summed E-state index contributed by atoms with van der Waals surface area (Å²) in [5, 5.41) is 12.6. The highest BCUT2D eigenvalue weighted by Crippen LogP contribution is 2.16. The first-order chi connectivity index (χ1) is 8.81. The fourth-order valence-electron chi connectivity index (χ4n) is 2.21. The lowest BCUT2D eigenvalue weighted by Crippen LogP contribution is -2.26. The van der Waals surface area contributed by atoms with Crippen LogP contribution in [0.5, 0.6) is 0 Å². The van der Waals surface area contributed by atoms with E-state index in [2.05, 4.69) is 16.1 Å². The number of anilines is 1. The third-order valence-electron chi connectivity index (χ3n) is 3.23. The van der Waals surface area contributed by atoms with Crippen molar-refractivity contribution in [3.63, 3.8) is 0 Å². The van der Waals surface area contributed by atoms with Crippen molar-refractivity contribution < 1.29 is 0 Å². The molecule has 2 heterocycles. The van der Waals surface area contributed by atoms with Crippen LogP contribution < -0.4 is 10.5 Å². The zero-order valence-electron chi connectivity index (χ0n) is 10.5. The first kappa shape index (κ1) is 12.6. The largest absolute Gasteiger partial charge is 0.370 e. The fourth-order valence-corrected chi connectivity index (χ4v) is 2.21. The van der Waals surface area contributed by atoms with Gasteiger partial charge in [-0.1, -0.05) is 0 Å². The molecule has 1 aliphatic rings. The Morgan fingerprint density at radius 2 is 2.11 bits per heavy atom. The third-order valence-corrected chi connectivity index (χ3v) is 3.23. The summed E-state index contributed by atoms with van der Waals surface area (Å²) < 4.78 is 1.48. The molecular formula is C13H18N4O. The van der Waals surface area contributed by atoms with Crippen molar-refractivity contribution in [3.8, 4) is 6.07 Å². The lowest BCUT2D eigenvalue weighted by Gasteiger charge is -2.16. The molecule has 0 bridgehead atoms. The van der Waals surface area contributed by atoms with Crippen LogP contribution in [-0.2, 0) is 6.54 Å². The number of nitrogens with zero attached hydrogens (tertiary/aromatic N) is 4. The van der Waals surface area contributed by atoms with E-state index in [0.717, 1.165) is 31.6 Å². The van der Waals surface area contributed by atoms with E-state index in [4.69, 9.17) is 5.26 Å². The lowest BCUT2D eigenvalue weighted by molar-refractivity contribution is 0.534. The van der Waals surface area contributed by atoms with Crippen LogP contribution in [0.25, 0.3) is 0 Å². The first-order valence-corrected chi connectivity index (χ1v) is 6.50. The number of aromatic nitrogens is 2. The van der Waals surface area contributed by atoms with Gasteiger partial charge in [0, 0.05) is 32.1 Å². The predicted octanol–water partition coefficient (Wildman–Crippen LogP) is 1.54. The van der Waals surface area contributed by atoms with Crippen LogP contribution >= 0.6 is 0 Å². The van der Waals surface area contributed by atoms with E-state index >= 15 is 0 Å². The molecule has 0 unspecified atom stereocenters. The Morgan fingerprint density at radius 3 is 2.78 bits per heavy atom. The summed E-state index contributed by atoms with van der Waals surface area (Å²) in [6, 6.07) is 3.77. The zero-order valence-corrected chi connectivity index (χ0v) is 10.5. The Bertz CT molecular complexity index is 482. The van der Waals surface area contributed by atoms with Gasteiger partial charge in [-0.15, -0.1) is 0 Å². The Labute approximate surface area is 107 Å².